The maximum atomic E-state index is 13.1. The van der Waals surface area contributed by atoms with Crippen LogP contribution in [0.1, 0.15) is 21.6 Å². The zero-order valence-electron chi connectivity index (χ0n) is 17.9. The van der Waals surface area contributed by atoms with Crippen LogP contribution in [0.5, 0.6) is 0 Å². The molecule has 2 heterocycles. The Bertz CT molecular complexity index is 1150. The minimum absolute atomic E-state index is 0.124. The minimum Gasteiger partial charge on any atom is -0.354 e. The summed E-state index contributed by atoms with van der Waals surface area (Å²) in [6.07, 6.45) is 2.31. The largest absolute Gasteiger partial charge is 0.354 e. The SMILES string of the molecule is O=C(CN1C(=O)CN(C(=O)c2ccc(Cl)cc2)Cc2ccccc21)NCCc1ccccn1. The number of aromatic nitrogens is 1. The number of carbonyl (C=O) groups excluding carboxylic acids is 3. The second-order valence-electron chi connectivity index (χ2n) is 7.70. The first-order valence-corrected chi connectivity index (χ1v) is 11.0. The first-order chi connectivity index (χ1) is 16.0. The number of hydrogen-bond acceptors (Lipinski definition) is 4. The number of amides is 3. The number of fused-ring (bicyclic) bond motifs is 1. The van der Waals surface area contributed by atoms with Gasteiger partial charge in [-0.2, -0.15) is 0 Å². The molecule has 3 amide bonds. The molecule has 2 aromatic carbocycles. The molecule has 1 aromatic heterocycles. The predicted octanol–water partition coefficient (Wildman–Crippen LogP) is 3.08. The molecular weight excluding hydrogens is 440 g/mol. The van der Waals surface area contributed by atoms with Crippen LogP contribution in [0.4, 0.5) is 5.69 Å². The van der Waals surface area contributed by atoms with Gasteiger partial charge in [-0.05, 0) is 48.0 Å². The number of nitrogens with one attached hydrogen (secondary N) is 1. The third kappa shape index (κ3) is 5.56. The Morgan fingerprint density at radius 1 is 0.970 bits per heavy atom. The van der Waals surface area contributed by atoms with Crippen molar-refractivity contribution < 1.29 is 14.4 Å². The second-order valence-corrected chi connectivity index (χ2v) is 8.13. The zero-order valence-corrected chi connectivity index (χ0v) is 18.7. The molecule has 0 unspecified atom stereocenters. The number of para-hydroxylation sites is 1. The number of rotatable bonds is 6. The van der Waals surface area contributed by atoms with E-state index in [1.807, 2.05) is 36.4 Å². The number of halogens is 1. The highest BCUT2D eigenvalue weighted by Crippen LogP contribution is 2.26. The van der Waals surface area contributed by atoms with E-state index in [-0.39, 0.29) is 37.4 Å². The molecule has 0 aliphatic carbocycles. The number of nitrogens with zero attached hydrogens (tertiary/aromatic N) is 3. The van der Waals surface area contributed by atoms with Crippen molar-refractivity contribution in [2.24, 2.45) is 0 Å². The van der Waals surface area contributed by atoms with Gasteiger partial charge in [-0.15, -0.1) is 0 Å². The van der Waals surface area contributed by atoms with Crippen LogP contribution in [0.15, 0.2) is 72.9 Å². The number of benzene rings is 2. The third-order valence-corrected chi connectivity index (χ3v) is 5.63. The minimum atomic E-state index is -0.317. The summed E-state index contributed by atoms with van der Waals surface area (Å²) in [5.41, 5.74) is 2.76. The molecule has 0 saturated carbocycles. The van der Waals surface area contributed by atoms with Gasteiger partial charge in [0.15, 0.2) is 0 Å². The van der Waals surface area contributed by atoms with Crippen molar-refractivity contribution in [1.82, 2.24) is 15.2 Å². The molecule has 8 heteroatoms. The number of carbonyl (C=O) groups is 3. The lowest BCUT2D eigenvalue weighted by atomic mass is 10.1. The van der Waals surface area contributed by atoms with Crippen molar-refractivity contribution in [3.05, 3.63) is 94.8 Å². The average molecular weight is 463 g/mol. The van der Waals surface area contributed by atoms with Crippen LogP contribution in [0.3, 0.4) is 0 Å². The summed E-state index contributed by atoms with van der Waals surface area (Å²) in [6, 6.07) is 19.5. The van der Waals surface area contributed by atoms with Crippen LogP contribution in [0.25, 0.3) is 0 Å². The Hall–Kier alpha value is -3.71. The fraction of sp³-hybridized carbons (Fsp3) is 0.200. The molecule has 0 saturated heterocycles. The van der Waals surface area contributed by atoms with E-state index < -0.39 is 0 Å². The number of hydrogen-bond donors (Lipinski definition) is 1. The molecule has 33 heavy (non-hydrogen) atoms. The van der Waals surface area contributed by atoms with Crippen molar-refractivity contribution in [3.8, 4) is 0 Å². The van der Waals surface area contributed by atoms with Crippen LogP contribution < -0.4 is 10.2 Å². The van der Waals surface area contributed by atoms with E-state index in [0.717, 1.165) is 11.3 Å². The van der Waals surface area contributed by atoms with Gasteiger partial charge in [0.2, 0.25) is 11.8 Å². The highest BCUT2D eigenvalue weighted by Gasteiger charge is 2.30. The standard InChI is InChI=1S/C25H23ClN4O3/c26-20-10-8-18(9-11-20)25(33)29-15-19-5-1-2-7-22(19)30(24(32)17-29)16-23(31)28-14-12-21-6-3-4-13-27-21/h1-11,13H,12,14-17H2,(H,28,31). The molecular formula is C25H23ClN4O3. The number of anilines is 1. The third-order valence-electron chi connectivity index (χ3n) is 5.38. The topological polar surface area (TPSA) is 82.6 Å². The van der Waals surface area contributed by atoms with Gasteiger partial charge < -0.3 is 15.1 Å². The van der Waals surface area contributed by atoms with Gasteiger partial charge in [-0.1, -0.05) is 35.9 Å². The lowest BCUT2D eigenvalue weighted by Crippen LogP contribution is -2.45. The summed E-state index contributed by atoms with van der Waals surface area (Å²) in [5, 5.41) is 3.38. The first-order valence-electron chi connectivity index (χ1n) is 10.6. The molecule has 0 atom stereocenters. The summed E-state index contributed by atoms with van der Waals surface area (Å²) < 4.78 is 0. The van der Waals surface area contributed by atoms with Crippen LogP contribution in [-0.2, 0) is 22.6 Å². The lowest BCUT2D eigenvalue weighted by molar-refractivity contribution is -0.124. The maximum absolute atomic E-state index is 13.1. The fourth-order valence-electron chi connectivity index (χ4n) is 3.72. The van der Waals surface area contributed by atoms with Crippen molar-refractivity contribution in [3.63, 3.8) is 0 Å². The van der Waals surface area contributed by atoms with Gasteiger partial charge in [0.1, 0.15) is 13.1 Å². The van der Waals surface area contributed by atoms with Crippen molar-refractivity contribution >= 4 is 35.0 Å². The van der Waals surface area contributed by atoms with E-state index in [4.69, 9.17) is 11.6 Å². The Kier molecular flexibility index (Phi) is 7.00. The van der Waals surface area contributed by atoms with E-state index in [9.17, 15) is 14.4 Å². The van der Waals surface area contributed by atoms with Gasteiger partial charge >= 0.3 is 0 Å². The smallest absolute Gasteiger partial charge is 0.254 e. The molecule has 1 aliphatic heterocycles. The monoisotopic (exact) mass is 462 g/mol. The summed E-state index contributed by atoms with van der Waals surface area (Å²) in [6.45, 7) is 0.431. The quantitative estimate of drug-likeness (QED) is 0.610. The van der Waals surface area contributed by atoms with E-state index in [1.54, 1.807) is 36.5 Å². The zero-order chi connectivity index (χ0) is 23.2. The summed E-state index contributed by atoms with van der Waals surface area (Å²) in [4.78, 5) is 46.0. The van der Waals surface area contributed by atoms with Crippen LogP contribution in [-0.4, -0.2) is 47.2 Å². The summed E-state index contributed by atoms with van der Waals surface area (Å²) in [7, 11) is 0. The maximum Gasteiger partial charge on any atom is 0.254 e. The molecule has 3 aromatic rings. The number of pyridine rings is 1. The Morgan fingerprint density at radius 3 is 2.48 bits per heavy atom. The van der Waals surface area contributed by atoms with Gasteiger partial charge in [0.25, 0.3) is 5.91 Å². The van der Waals surface area contributed by atoms with Gasteiger partial charge in [0, 0.05) is 47.7 Å². The highest BCUT2D eigenvalue weighted by molar-refractivity contribution is 6.30. The molecule has 0 bridgehead atoms. The summed E-state index contributed by atoms with van der Waals surface area (Å²) in [5.74, 6) is -0.856. The lowest BCUT2D eigenvalue weighted by Gasteiger charge is -2.22. The second kappa shape index (κ2) is 10.3. The Morgan fingerprint density at radius 2 is 1.73 bits per heavy atom. The van der Waals surface area contributed by atoms with Crippen LogP contribution in [0.2, 0.25) is 5.02 Å². The van der Waals surface area contributed by atoms with E-state index in [2.05, 4.69) is 10.3 Å². The van der Waals surface area contributed by atoms with Gasteiger partial charge in [-0.3, -0.25) is 19.4 Å². The molecule has 1 aliphatic rings. The van der Waals surface area contributed by atoms with Gasteiger partial charge in [0.05, 0.1) is 0 Å². The fourth-order valence-corrected chi connectivity index (χ4v) is 3.85. The van der Waals surface area contributed by atoms with E-state index in [0.29, 0.717) is 29.2 Å². The highest BCUT2D eigenvalue weighted by atomic mass is 35.5. The van der Waals surface area contributed by atoms with Crippen molar-refractivity contribution in [1.29, 1.82) is 0 Å². The molecule has 1 N–H and O–H groups in total. The van der Waals surface area contributed by atoms with E-state index in [1.165, 1.54) is 9.80 Å². The molecule has 0 spiro atoms. The molecule has 0 radical (unpaired) electrons. The average Bonchev–Trinajstić information content (AvgIpc) is 2.96. The van der Waals surface area contributed by atoms with Gasteiger partial charge in [-0.25, -0.2) is 0 Å². The van der Waals surface area contributed by atoms with Crippen molar-refractivity contribution in [2.45, 2.75) is 13.0 Å². The molecule has 4 rings (SSSR count). The normalized spacial score (nSPS) is 13.3. The van der Waals surface area contributed by atoms with Crippen molar-refractivity contribution in [2.75, 3.05) is 24.5 Å². The molecule has 168 valence electrons. The summed E-state index contributed by atoms with van der Waals surface area (Å²) >= 11 is 5.93. The van der Waals surface area contributed by atoms with E-state index >= 15 is 0 Å². The molecule has 7 nitrogen and oxygen atoms in total. The van der Waals surface area contributed by atoms with Crippen LogP contribution >= 0.6 is 11.6 Å². The Labute approximate surface area is 197 Å². The van der Waals surface area contributed by atoms with Crippen LogP contribution in [0, 0.1) is 0 Å². The molecule has 0 fully saturated rings. The Balaban J connectivity index is 1.46. The predicted molar refractivity (Wildman–Crippen MR) is 126 cm³/mol. The first kappa shape index (κ1) is 22.5.